The van der Waals surface area contributed by atoms with Gasteiger partial charge < -0.3 is 20.3 Å². The maximum Gasteiger partial charge on any atom is 0.191 e. The zero-order valence-corrected chi connectivity index (χ0v) is 19.8. The fourth-order valence-electron chi connectivity index (χ4n) is 3.18. The number of hydrogen-bond acceptors (Lipinski definition) is 4. The second kappa shape index (κ2) is 13.3. The lowest BCUT2D eigenvalue weighted by Crippen LogP contribution is -2.45. The summed E-state index contributed by atoms with van der Waals surface area (Å²) >= 11 is 0. The molecule has 1 fully saturated rings. The van der Waals surface area contributed by atoms with Crippen LogP contribution in [-0.4, -0.2) is 81.8 Å². The van der Waals surface area contributed by atoms with E-state index in [0.29, 0.717) is 12.6 Å². The summed E-state index contributed by atoms with van der Waals surface area (Å²) in [6, 6.07) is 7.21. The Balaban J connectivity index is 0.00000392. The molecule has 160 valence electrons. The summed E-state index contributed by atoms with van der Waals surface area (Å²) < 4.78 is 18.6. The molecule has 1 aliphatic heterocycles. The molecule has 0 saturated carbocycles. The van der Waals surface area contributed by atoms with Crippen molar-refractivity contribution in [1.82, 2.24) is 20.4 Å². The molecule has 1 aliphatic rings. The molecule has 0 bridgehead atoms. The van der Waals surface area contributed by atoms with Crippen molar-refractivity contribution < 1.29 is 9.13 Å². The van der Waals surface area contributed by atoms with Crippen molar-refractivity contribution in [2.75, 3.05) is 60.0 Å². The smallest absolute Gasteiger partial charge is 0.191 e. The summed E-state index contributed by atoms with van der Waals surface area (Å²) in [5.74, 6) is 0.600. The van der Waals surface area contributed by atoms with E-state index >= 15 is 0 Å². The maximum atomic E-state index is 13.2. The van der Waals surface area contributed by atoms with E-state index in [1.54, 1.807) is 0 Å². The average Bonchev–Trinajstić information content (AvgIpc) is 2.67. The number of rotatable bonds is 8. The van der Waals surface area contributed by atoms with E-state index in [0.717, 1.165) is 50.9 Å². The van der Waals surface area contributed by atoms with E-state index in [2.05, 4.69) is 34.3 Å². The Morgan fingerprint density at radius 3 is 2.43 bits per heavy atom. The summed E-state index contributed by atoms with van der Waals surface area (Å²) in [4.78, 5) is 9.30. The molecule has 1 aromatic rings. The molecule has 2 rings (SSSR count). The zero-order chi connectivity index (χ0) is 19.6. The number of ether oxygens (including phenoxy) is 1. The lowest BCUT2D eigenvalue weighted by atomic mass is 10.1. The highest BCUT2D eigenvalue weighted by molar-refractivity contribution is 14.0. The maximum absolute atomic E-state index is 13.2. The lowest BCUT2D eigenvalue weighted by molar-refractivity contribution is 0.0220. The van der Waals surface area contributed by atoms with Crippen molar-refractivity contribution in [3.63, 3.8) is 0 Å². The van der Waals surface area contributed by atoms with Gasteiger partial charge in [-0.3, -0.25) is 9.89 Å². The third-order valence-corrected chi connectivity index (χ3v) is 4.87. The number of morpholine rings is 1. The second-order valence-electron chi connectivity index (χ2n) is 7.13. The topological polar surface area (TPSA) is 52.1 Å². The number of benzene rings is 1. The van der Waals surface area contributed by atoms with Gasteiger partial charge in [0.25, 0.3) is 0 Å². The quantitative estimate of drug-likeness (QED) is 0.322. The van der Waals surface area contributed by atoms with Gasteiger partial charge >= 0.3 is 0 Å². The number of guanidine groups is 1. The van der Waals surface area contributed by atoms with Crippen LogP contribution in [0.5, 0.6) is 0 Å². The minimum atomic E-state index is -0.212. The van der Waals surface area contributed by atoms with Crippen molar-refractivity contribution in [2.45, 2.75) is 25.9 Å². The number of nitrogens with one attached hydrogen (secondary N) is 2. The van der Waals surface area contributed by atoms with E-state index in [1.165, 1.54) is 12.1 Å². The second-order valence-corrected chi connectivity index (χ2v) is 7.13. The van der Waals surface area contributed by atoms with E-state index in [9.17, 15) is 4.39 Å². The first kappa shape index (κ1) is 25.1. The average molecular weight is 507 g/mol. The summed E-state index contributed by atoms with van der Waals surface area (Å²) in [5.41, 5.74) is 1.08. The first-order chi connectivity index (χ1) is 13.0. The molecule has 6 nitrogen and oxygen atoms in total. The fraction of sp³-hybridized carbons (Fsp3) is 0.650. The summed E-state index contributed by atoms with van der Waals surface area (Å²) in [6.07, 6.45) is 0. The third kappa shape index (κ3) is 8.18. The highest BCUT2D eigenvalue weighted by atomic mass is 127. The number of nitrogens with zero attached hydrogens (tertiary/aromatic N) is 3. The molecule has 0 aliphatic carbocycles. The van der Waals surface area contributed by atoms with Crippen molar-refractivity contribution >= 4 is 29.9 Å². The normalized spacial score (nSPS) is 17.7. The Hall–Kier alpha value is -0.970. The van der Waals surface area contributed by atoms with Gasteiger partial charge in [-0.2, -0.15) is 0 Å². The largest absolute Gasteiger partial charge is 0.379 e. The molecular formula is C20H35FIN5O. The summed E-state index contributed by atoms with van der Waals surface area (Å²) in [7, 11) is 4.06. The predicted octanol–water partition coefficient (Wildman–Crippen LogP) is 2.32. The van der Waals surface area contributed by atoms with Gasteiger partial charge in [-0.1, -0.05) is 12.1 Å². The summed E-state index contributed by atoms with van der Waals surface area (Å²) in [6.45, 7) is 10.0. The van der Waals surface area contributed by atoms with Gasteiger partial charge in [0.2, 0.25) is 0 Å². The van der Waals surface area contributed by atoms with Gasteiger partial charge in [0.15, 0.2) is 5.96 Å². The molecule has 2 atom stereocenters. The highest BCUT2D eigenvalue weighted by Crippen LogP contribution is 2.17. The van der Waals surface area contributed by atoms with Crippen LogP contribution >= 0.6 is 24.0 Å². The van der Waals surface area contributed by atoms with Crippen molar-refractivity contribution in [2.24, 2.45) is 4.99 Å². The molecule has 0 radical (unpaired) electrons. The fourth-order valence-corrected chi connectivity index (χ4v) is 3.18. The van der Waals surface area contributed by atoms with E-state index in [4.69, 9.17) is 9.73 Å². The number of halogens is 2. The number of hydrogen-bond donors (Lipinski definition) is 2. The standard InChI is InChI=1S/C20H34FN5O.HI/c1-5-22-20(23-14-16(2)26-10-12-27-13-11-26)24-15-19(25(3)4)17-6-8-18(21)9-7-17;/h6-9,16,19H,5,10-15H2,1-4H3,(H2,22,23,24);1H. The van der Waals surface area contributed by atoms with Gasteiger partial charge in [0.05, 0.1) is 25.8 Å². The lowest BCUT2D eigenvalue weighted by Gasteiger charge is -2.31. The van der Waals surface area contributed by atoms with E-state index in [-0.39, 0.29) is 35.8 Å². The Labute approximate surface area is 185 Å². The van der Waals surface area contributed by atoms with Crippen LogP contribution in [0.25, 0.3) is 0 Å². The van der Waals surface area contributed by atoms with Crippen LogP contribution in [-0.2, 0) is 4.74 Å². The Bertz CT molecular complexity index is 578. The molecule has 2 unspecified atom stereocenters. The van der Waals surface area contributed by atoms with Crippen LogP contribution in [0.2, 0.25) is 0 Å². The van der Waals surface area contributed by atoms with Gasteiger partial charge in [0.1, 0.15) is 5.82 Å². The van der Waals surface area contributed by atoms with Crippen molar-refractivity contribution in [3.05, 3.63) is 35.6 Å². The first-order valence-electron chi connectivity index (χ1n) is 9.77. The predicted molar refractivity (Wildman–Crippen MR) is 124 cm³/mol. The van der Waals surface area contributed by atoms with Crippen LogP contribution < -0.4 is 10.6 Å². The summed E-state index contributed by atoms with van der Waals surface area (Å²) in [5, 5.41) is 6.75. The highest BCUT2D eigenvalue weighted by Gasteiger charge is 2.17. The first-order valence-corrected chi connectivity index (χ1v) is 9.77. The van der Waals surface area contributed by atoms with E-state index < -0.39 is 0 Å². The van der Waals surface area contributed by atoms with E-state index in [1.807, 2.05) is 26.2 Å². The van der Waals surface area contributed by atoms with Crippen LogP contribution in [0.3, 0.4) is 0 Å². The number of likely N-dealkylation sites (N-methyl/N-ethyl adjacent to an activating group) is 1. The van der Waals surface area contributed by atoms with Crippen LogP contribution in [0.4, 0.5) is 4.39 Å². The molecule has 1 aromatic carbocycles. The monoisotopic (exact) mass is 507 g/mol. The minimum absolute atomic E-state index is 0. The molecule has 28 heavy (non-hydrogen) atoms. The molecule has 2 N–H and O–H groups in total. The molecule has 1 heterocycles. The van der Waals surface area contributed by atoms with Crippen LogP contribution in [0.1, 0.15) is 25.5 Å². The molecule has 8 heteroatoms. The third-order valence-electron chi connectivity index (χ3n) is 4.87. The Kier molecular flexibility index (Phi) is 11.9. The SMILES string of the molecule is CCNC(=NCC(C)N1CCOCC1)NCC(c1ccc(F)cc1)N(C)C.I. The zero-order valence-electron chi connectivity index (χ0n) is 17.4. The van der Waals surface area contributed by atoms with Gasteiger partial charge in [-0.25, -0.2) is 4.39 Å². The molecule has 0 aromatic heterocycles. The molecule has 0 amide bonds. The number of aliphatic imine (C=N–C) groups is 1. The minimum Gasteiger partial charge on any atom is -0.379 e. The van der Waals surface area contributed by atoms with Crippen LogP contribution in [0, 0.1) is 5.82 Å². The van der Waals surface area contributed by atoms with Crippen molar-refractivity contribution in [1.29, 1.82) is 0 Å². The Morgan fingerprint density at radius 1 is 1.21 bits per heavy atom. The molecular weight excluding hydrogens is 472 g/mol. The molecule has 1 saturated heterocycles. The van der Waals surface area contributed by atoms with Gasteiger partial charge in [-0.05, 0) is 45.6 Å². The van der Waals surface area contributed by atoms with Gasteiger partial charge in [-0.15, -0.1) is 24.0 Å². The molecule has 0 spiro atoms. The van der Waals surface area contributed by atoms with Crippen LogP contribution in [0.15, 0.2) is 29.3 Å². The van der Waals surface area contributed by atoms with Crippen molar-refractivity contribution in [3.8, 4) is 0 Å². The Morgan fingerprint density at radius 2 is 1.86 bits per heavy atom. The van der Waals surface area contributed by atoms with Gasteiger partial charge in [0, 0.05) is 32.2 Å².